The number of alkyl halides is 2. The second-order valence-electron chi connectivity index (χ2n) is 5.55. The fourth-order valence-electron chi connectivity index (χ4n) is 2.53. The molecule has 1 amide bonds. The number of fused-ring (bicyclic) bond motifs is 1. The molecule has 5 nitrogen and oxygen atoms in total. The molecule has 0 radical (unpaired) electrons. The molecule has 1 unspecified atom stereocenters. The smallest absolute Gasteiger partial charge is 0.261 e. The quantitative estimate of drug-likeness (QED) is 0.848. The van der Waals surface area contributed by atoms with Gasteiger partial charge in [-0.1, -0.05) is 17.7 Å². The first-order chi connectivity index (χ1) is 11.8. The van der Waals surface area contributed by atoms with Crippen molar-refractivity contribution in [2.75, 3.05) is 4.72 Å². The lowest BCUT2D eigenvalue weighted by Crippen LogP contribution is -2.45. The van der Waals surface area contributed by atoms with Gasteiger partial charge in [-0.05, 0) is 48.4 Å². The molecule has 1 aliphatic rings. The van der Waals surface area contributed by atoms with Gasteiger partial charge in [0.05, 0.1) is 10.9 Å². The van der Waals surface area contributed by atoms with Gasteiger partial charge in [0.2, 0.25) is 0 Å². The molecule has 1 aliphatic heterocycles. The van der Waals surface area contributed by atoms with Gasteiger partial charge >= 0.3 is 0 Å². The van der Waals surface area contributed by atoms with E-state index in [2.05, 4.69) is 10.0 Å². The number of anilines is 1. The Kier molecular flexibility index (Phi) is 4.66. The minimum absolute atomic E-state index is 0.0519. The molecular formula is C16H13ClF2N2O3S. The van der Waals surface area contributed by atoms with Gasteiger partial charge in [0.25, 0.3) is 22.4 Å². The number of hydrogen-bond donors (Lipinski definition) is 2. The van der Waals surface area contributed by atoms with Crippen molar-refractivity contribution in [1.82, 2.24) is 5.32 Å². The average Bonchev–Trinajstić information content (AvgIpc) is 2.56. The first-order valence-corrected chi connectivity index (χ1v) is 9.13. The van der Waals surface area contributed by atoms with E-state index in [1.54, 1.807) is 0 Å². The summed E-state index contributed by atoms with van der Waals surface area (Å²) in [6.45, 7) is 0. The van der Waals surface area contributed by atoms with Crippen LogP contribution in [0.15, 0.2) is 47.4 Å². The third-order valence-corrected chi connectivity index (χ3v) is 5.42. The SMILES string of the molecule is O=C1NC(C(F)F)Cc2ccc(S(=O)(=O)Nc3ccc(Cl)cc3)cc21. The molecule has 3 rings (SSSR count). The normalized spacial score (nSPS) is 17.1. The third kappa shape index (κ3) is 3.74. The van der Waals surface area contributed by atoms with Crippen LogP contribution in [0.1, 0.15) is 15.9 Å². The molecule has 132 valence electrons. The van der Waals surface area contributed by atoms with E-state index >= 15 is 0 Å². The number of rotatable bonds is 4. The Hall–Kier alpha value is -2.19. The van der Waals surface area contributed by atoms with Crippen molar-refractivity contribution in [3.8, 4) is 0 Å². The Morgan fingerprint density at radius 3 is 2.48 bits per heavy atom. The monoisotopic (exact) mass is 386 g/mol. The van der Waals surface area contributed by atoms with Crippen molar-refractivity contribution in [2.24, 2.45) is 0 Å². The number of sulfonamides is 1. The molecule has 9 heteroatoms. The molecule has 2 N–H and O–H groups in total. The van der Waals surface area contributed by atoms with Crippen LogP contribution >= 0.6 is 11.6 Å². The molecule has 1 atom stereocenters. The van der Waals surface area contributed by atoms with Gasteiger partial charge in [0.15, 0.2) is 0 Å². The third-order valence-electron chi connectivity index (χ3n) is 3.79. The van der Waals surface area contributed by atoms with Crippen LogP contribution in [0, 0.1) is 0 Å². The summed E-state index contributed by atoms with van der Waals surface area (Å²) in [6, 6.07) is 8.66. The topological polar surface area (TPSA) is 75.3 Å². The van der Waals surface area contributed by atoms with E-state index in [4.69, 9.17) is 11.6 Å². The van der Waals surface area contributed by atoms with Crippen LogP contribution < -0.4 is 10.0 Å². The maximum atomic E-state index is 12.8. The van der Waals surface area contributed by atoms with Crippen molar-refractivity contribution in [2.45, 2.75) is 23.8 Å². The summed E-state index contributed by atoms with van der Waals surface area (Å²) in [5, 5.41) is 2.65. The van der Waals surface area contributed by atoms with Gasteiger partial charge in [-0.15, -0.1) is 0 Å². The fraction of sp³-hybridized carbons (Fsp3) is 0.188. The van der Waals surface area contributed by atoms with Crippen LogP contribution in [0.3, 0.4) is 0 Å². The molecule has 0 bridgehead atoms. The average molecular weight is 387 g/mol. The maximum Gasteiger partial charge on any atom is 0.261 e. The van der Waals surface area contributed by atoms with Crippen LogP contribution in [-0.4, -0.2) is 26.8 Å². The van der Waals surface area contributed by atoms with E-state index in [0.29, 0.717) is 16.3 Å². The Morgan fingerprint density at radius 1 is 1.16 bits per heavy atom. The summed E-state index contributed by atoms with van der Waals surface area (Å²) in [5.74, 6) is -0.713. The van der Waals surface area contributed by atoms with Crippen molar-refractivity contribution in [3.05, 3.63) is 58.6 Å². The second-order valence-corrected chi connectivity index (χ2v) is 7.67. The highest BCUT2D eigenvalue weighted by Crippen LogP contribution is 2.25. The van der Waals surface area contributed by atoms with E-state index < -0.39 is 28.4 Å². The molecule has 0 saturated carbocycles. The number of amides is 1. The molecule has 2 aromatic carbocycles. The van der Waals surface area contributed by atoms with Crippen LogP contribution in [0.5, 0.6) is 0 Å². The number of hydrogen-bond acceptors (Lipinski definition) is 3. The molecule has 0 fully saturated rings. The Bertz CT molecular complexity index is 917. The van der Waals surface area contributed by atoms with Crippen molar-refractivity contribution >= 4 is 33.2 Å². The van der Waals surface area contributed by atoms with Gasteiger partial charge in [0, 0.05) is 16.3 Å². The van der Waals surface area contributed by atoms with Gasteiger partial charge in [-0.3, -0.25) is 9.52 Å². The number of nitrogens with one attached hydrogen (secondary N) is 2. The van der Waals surface area contributed by atoms with E-state index in [1.807, 2.05) is 0 Å². The minimum Gasteiger partial charge on any atom is -0.343 e. The summed E-state index contributed by atoms with van der Waals surface area (Å²) in [7, 11) is -3.93. The summed E-state index contributed by atoms with van der Waals surface area (Å²) in [6.07, 6.45) is -2.74. The highest BCUT2D eigenvalue weighted by Gasteiger charge is 2.31. The van der Waals surface area contributed by atoms with Crippen LogP contribution in [-0.2, 0) is 16.4 Å². The summed E-state index contributed by atoms with van der Waals surface area (Å²) in [5.41, 5.74) is 0.778. The van der Waals surface area contributed by atoms with Crippen LogP contribution in [0.25, 0.3) is 0 Å². The van der Waals surface area contributed by atoms with Gasteiger partial charge in [0.1, 0.15) is 0 Å². The lowest BCUT2D eigenvalue weighted by molar-refractivity contribution is 0.0715. The largest absolute Gasteiger partial charge is 0.343 e. The first kappa shape index (κ1) is 17.6. The Balaban J connectivity index is 1.90. The Morgan fingerprint density at radius 2 is 1.84 bits per heavy atom. The van der Waals surface area contributed by atoms with E-state index in [0.717, 1.165) is 0 Å². The second kappa shape index (κ2) is 6.61. The van der Waals surface area contributed by atoms with E-state index in [1.165, 1.54) is 42.5 Å². The standard InChI is InChI=1S/C16H13ClF2N2O3S/c17-10-2-4-11(5-3-10)21-25(23,24)12-6-1-9-7-14(15(18)19)20-16(22)13(9)8-12/h1-6,8,14-15,21H,7H2,(H,20,22). The van der Waals surface area contributed by atoms with Gasteiger partial charge < -0.3 is 5.32 Å². The summed E-state index contributed by atoms with van der Waals surface area (Å²) in [4.78, 5) is 11.9. The Labute approximate surface area is 148 Å². The number of carbonyl (C=O) groups excluding carboxylic acids is 1. The van der Waals surface area contributed by atoms with E-state index in [-0.39, 0.29) is 16.9 Å². The molecule has 0 aliphatic carbocycles. The molecule has 0 aromatic heterocycles. The summed E-state index contributed by atoms with van der Waals surface area (Å²) >= 11 is 5.75. The lowest BCUT2D eigenvalue weighted by atomic mass is 9.95. The predicted molar refractivity (Wildman–Crippen MR) is 89.7 cm³/mol. The number of benzene rings is 2. The maximum absolute atomic E-state index is 12.8. The van der Waals surface area contributed by atoms with Crippen molar-refractivity contribution in [3.63, 3.8) is 0 Å². The molecule has 2 aromatic rings. The zero-order valence-corrected chi connectivity index (χ0v) is 14.2. The molecule has 25 heavy (non-hydrogen) atoms. The fourth-order valence-corrected chi connectivity index (χ4v) is 3.74. The highest BCUT2D eigenvalue weighted by atomic mass is 35.5. The van der Waals surface area contributed by atoms with Gasteiger partial charge in [-0.25, -0.2) is 17.2 Å². The van der Waals surface area contributed by atoms with Crippen LogP contribution in [0.2, 0.25) is 5.02 Å². The van der Waals surface area contributed by atoms with Crippen LogP contribution in [0.4, 0.5) is 14.5 Å². The number of halogens is 3. The van der Waals surface area contributed by atoms with E-state index in [9.17, 15) is 22.0 Å². The molecule has 1 heterocycles. The minimum atomic E-state index is -3.93. The summed E-state index contributed by atoms with van der Waals surface area (Å²) < 4.78 is 52.9. The molecule has 0 saturated heterocycles. The first-order valence-electron chi connectivity index (χ1n) is 7.26. The van der Waals surface area contributed by atoms with Crippen molar-refractivity contribution in [1.29, 1.82) is 0 Å². The number of carbonyl (C=O) groups is 1. The zero-order chi connectivity index (χ0) is 18.2. The lowest BCUT2D eigenvalue weighted by Gasteiger charge is -2.25. The zero-order valence-electron chi connectivity index (χ0n) is 12.7. The predicted octanol–water partition coefficient (Wildman–Crippen LogP) is 3.06. The molecule has 0 spiro atoms. The van der Waals surface area contributed by atoms with Gasteiger partial charge in [-0.2, -0.15) is 0 Å². The molecular weight excluding hydrogens is 374 g/mol. The highest BCUT2D eigenvalue weighted by molar-refractivity contribution is 7.92. The van der Waals surface area contributed by atoms with Crippen molar-refractivity contribution < 1.29 is 22.0 Å².